The van der Waals surface area contributed by atoms with Crippen LogP contribution in [0.15, 0.2) is 12.1 Å². The fourth-order valence-electron chi connectivity index (χ4n) is 4.44. The molecule has 0 saturated carbocycles. The molecule has 0 bridgehead atoms. The zero-order valence-electron chi connectivity index (χ0n) is 19.7. The van der Waals surface area contributed by atoms with Crippen LogP contribution in [-0.4, -0.2) is 65.3 Å². The van der Waals surface area contributed by atoms with Crippen molar-refractivity contribution in [2.24, 2.45) is 0 Å². The Morgan fingerprint density at radius 3 is 2.76 bits per heavy atom. The van der Waals surface area contributed by atoms with Crippen molar-refractivity contribution in [3.05, 3.63) is 29.6 Å². The van der Waals surface area contributed by atoms with Gasteiger partial charge in [0.1, 0.15) is 22.9 Å². The number of nitrogens with zero attached hydrogens (tertiary/aromatic N) is 8. The number of hydrogen-bond acceptors (Lipinski definition) is 9. The molecule has 1 fully saturated rings. The molecule has 1 aliphatic rings. The van der Waals surface area contributed by atoms with Crippen molar-refractivity contribution in [1.82, 2.24) is 34.3 Å². The van der Waals surface area contributed by atoms with Gasteiger partial charge in [0.25, 0.3) is 0 Å². The van der Waals surface area contributed by atoms with E-state index in [0.29, 0.717) is 47.2 Å². The molecule has 1 aliphatic heterocycles. The molecule has 180 valence electrons. The Morgan fingerprint density at radius 2 is 2.03 bits per heavy atom. The number of hydrogen-bond donors (Lipinski definition) is 2. The van der Waals surface area contributed by atoms with Crippen LogP contribution >= 0.6 is 0 Å². The molecule has 0 spiro atoms. The van der Waals surface area contributed by atoms with E-state index < -0.39 is 11.4 Å². The fourth-order valence-corrected chi connectivity index (χ4v) is 4.44. The van der Waals surface area contributed by atoms with Crippen LogP contribution < -0.4 is 15.4 Å². The maximum atomic E-state index is 14.2. The van der Waals surface area contributed by atoms with E-state index in [1.165, 1.54) is 23.8 Å². The van der Waals surface area contributed by atoms with Gasteiger partial charge in [-0.1, -0.05) is 0 Å². The number of piperidine rings is 1. The quantitative estimate of drug-likeness (QED) is 0.451. The summed E-state index contributed by atoms with van der Waals surface area (Å²) < 4.78 is 22.7. The molecule has 1 atom stereocenters. The van der Waals surface area contributed by atoms with Gasteiger partial charge in [0.2, 0.25) is 11.9 Å². The number of nitrogens with two attached hydrogens (primary N) is 1. The normalized spacial score (nSPS) is 17.1. The molecule has 0 radical (unpaired) electrons. The minimum Gasteiger partial charge on any atom is -0.494 e. The summed E-state index contributed by atoms with van der Waals surface area (Å²) in [6.07, 6.45) is 1.80. The van der Waals surface area contributed by atoms with Crippen LogP contribution in [0.1, 0.15) is 44.3 Å². The van der Waals surface area contributed by atoms with E-state index in [1.807, 2.05) is 6.92 Å². The second-order valence-corrected chi connectivity index (χ2v) is 9.39. The second kappa shape index (κ2) is 8.05. The lowest BCUT2D eigenvalue weighted by Gasteiger charge is -2.30. The molecule has 4 heterocycles. The average Bonchev–Trinajstić information content (AvgIpc) is 3.38. The standard InChI is InChI=1S/C22H28FN9O2/c1-12-25-21(29-31(12)11-22(2,3)33)30-7-5-6-13(10-30)18-27-19-15-8-14(23)9-16(34-4)17(15)26-20(24)32(19)28-18/h8-9,13,33H,5-7,10-11H2,1-4H3,(H2,24,26)/t13-/m1/s1. The van der Waals surface area contributed by atoms with Crippen LogP contribution in [0.5, 0.6) is 5.75 Å². The van der Waals surface area contributed by atoms with E-state index >= 15 is 0 Å². The Hall–Kier alpha value is -3.54. The zero-order valence-corrected chi connectivity index (χ0v) is 19.7. The van der Waals surface area contributed by atoms with Gasteiger partial charge in [-0.2, -0.15) is 9.50 Å². The Balaban J connectivity index is 1.48. The largest absolute Gasteiger partial charge is 0.494 e. The first kappa shape index (κ1) is 22.3. The third-order valence-electron chi connectivity index (χ3n) is 6.02. The first-order valence-electron chi connectivity index (χ1n) is 11.2. The maximum absolute atomic E-state index is 14.2. The lowest BCUT2D eigenvalue weighted by molar-refractivity contribution is 0.0569. The van der Waals surface area contributed by atoms with Gasteiger partial charge in [-0.3, -0.25) is 0 Å². The van der Waals surface area contributed by atoms with Crippen LogP contribution in [0.2, 0.25) is 0 Å². The summed E-state index contributed by atoms with van der Waals surface area (Å²) in [5.41, 5.74) is 6.15. The number of benzene rings is 1. The molecular formula is C22H28FN9O2. The molecule has 0 aliphatic carbocycles. The van der Waals surface area contributed by atoms with Crippen molar-refractivity contribution < 1.29 is 14.2 Å². The number of methoxy groups -OCH3 is 1. The van der Waals surface area contributed by atoms with Crippen molar-refractivity contribution in [1.29, 1.82) is 0 Å². The molecule has 1 aromatic carbocycles. The lowest BCUT2D eigenvalue weighted by atomic mass is 9.98. The van der Waals surface area contributed by atoms with Crippen LogP contribution in [0.25, 0.3) is 16.6 Å². The van der Waals surface area contributed by atoms with Gasteiger partial charge in [0.15, 0.2) is 11.5 Å². The van der Waals surface area contributed by atoms with E-state index in [0.717, 1.165) is 25.2 Å². The fraction of sp³-hybridized carbons (Fsp3) is 0.500. The smallest absolute Gasteiger partial charge is 0.244 e. The Labute approximate surface area is 195 Å². The van der Waals surface area contributed by atoms with Gasteiger partial charge in [0.05, 0.1) is 24.6 Å². The summed E-state index contributed by atoms with van der Waals surface area (Å²) in [6, 6.07) is 2.64. The van der Waals surface area contributed by atoms with Gasteiger partial charge in [0, 0.05) is 25.1 Å². The van der Waals surface area contributed by atoms with E-state index in [-0.39, 0.29) is 11.9 Å². The van der Waals surface area contributed by atoms with E-state index in [4.69, 9.17) is 15.5 Å². The van der Waals surface area contributed by atoms with E-state index in [2.05, 4.69) is 25.1 Å². The highest BCUT2D eigenvalue weighted by atomic mass is 19.1. The third-order valence-corrected chi connectivity index (χ3v) is 6.02. The molecule has 4 aromatic rings. The predicted molar refractivity (Wildman–Crippen MR) is 124 cm³/mol. The number of fused-ring (bicyclic) bond motifs is 3. The molecule has 0 amide bonds. The van der Waals surface area contributed by atoms with Crippen LogP contribution in [0.3, 0.4) is 0 Å². The molecule has 12 heteroatoms. The summed E-state index contributed by atoms with van der Waals surface area (Å²) in [5.74, 6) is 1.98. The van der Waals surface area contributed by atoms with Crippen molar-refractivity contribution >= 4 is 28.4 Å². The SMILES string of the molecule is COc1cc(F)cc2c1nc(N)n1nc([C@@H]3CCCN(c4nc(C)n(CC(C)(C)O)n4)C3)nc21. The maximum Gasteiger partial charge on any atom is 0.244 e. The van der Waals surface area contributed by atoms with Crippen LogP contribution in [0, 0.1) is 12.7 Å². The zero-order chi connectivity index (χ0) is 24.2. The number of aromatic nitrogens is 7. The molecule has 34 heavy (non-hydrogen) atoms. The number of rotatable bonds is 5. The first-order chi connectivity index (χ1) is 16.1. The Bertz CT molecular complexity index is 1370. The summed E-state index contributed by atoms with van der Waals surface area (Å²) in [6.45, 7) is 7.16. The molecule has 0 unspecified atom stereocenters. The van der Waals surface area contributed by atoms with E-state index in [9.17, 15) is 9.50 Å². The van der Waals surface area contributed by atoms with Crippen LogP contribution in [-0.2, 0) is 6.54 Å². The minimum absolute atomic E-state index is 0.0140. The monoisotopic (exact) mass is 469 g/mol. The van der Waals surface area contributed by atoms with Crippen molar-refractivity contribution in [3.63, 3.8) is 0 Å². The summed E-state index contributed by atoms with van der Waals surface area (Å²) >= 11 is 0. The lowest BCUT2D eigenvalue weighted by Crippen LogP contribution is -2.35. The molecule has 11 nitrogen and oxygen atoms in total. The highest BCUT2D eigenvalue weighted by molar-refractivity contribution is 5.95. The summed E-state index contributed by atoms with van der Waals surface area (Å²) in [7, 11) is 1.46. The molecule has 3 N–H and O–H groups in total. The minimum atomic E-state index is -0.889. The number of aryl methyl sites for hydroxylation is 1. The van der Waals surface area contributed by atoms with E-state index in [1.54, 1.807) is 18.5 Å². The van der Waals surface area contributed by atoms with Gasteiger partial charge in [-0.05, 0) is 39.7 Å². The molecule has 1 saturated heterocycles. The van der Waals surface area contributed by atoms with Crippen molar-refractivity contribution in [3.8, 4) is 5.75 Å². The van der Waals surface area contributed by atoms with Crippen molar-refractivity contribution in [2.75, 3.05) is 30.8 Å². The highest BCUT2D eigenvalue weighted by Crippen LogP contribution is 2.32. The average molecular weight is 470 g/mol. The topological polar surface area (TPSA) is 133 Å². The molecule has 5 rings (SSSR count). The van der Waals surface area contributed by atoms with Crippen molar-refractivity contribution in [2.45, 2.75) is 51.7 Å². The number of anilines is 2. The number of halogens is 1. The highest BCUT2D eigenvalue weighted by Gasteiger charge is 2.29. The summed E-state index contributed by atoms with van der Waals surface area (Å²) in [4.78, 5) is 15.8. The first-order valence-corrected chi connectivity index (χ1v) is 11.2. The molecular weight excluding hydrogens is 441 g/mol. The third kappa shape index (κ3) is 3.98. The molecule has 3 aromatic heterocycles. The predicted octanol–water partition coefficient (Wildman–Crippen LogP) is 2.06. The number of aliphatic hydroxyl groups is 1. The van der Waals surface area contributed by atoms with Gasteiger partial charge >= 0.3 is 0 Å². The Kier molecular flexibility index (Phi) is 5.27. The second-order valence-electron chi connectivity index (χ2n) is 9.39. The number of ether oxygens (including phenoxy) is 1. The Morgan fingerprint density at radius 1 is 1.24 bits per heavy atom. The summed E-state index contributed by atoms with van der Waals surface area (Å²) in [5, 5.41) is 19.9. The van der Waals surface area contributed by atoms with Gasteiger partial charge in [-0.25, -0.2) is 19.0 Å². The van der Waals surface area contributed by atoms with Gasteiger partial charge < -0.3 is 20.5 Å². The van der Waals surface area contributed by atoms with Gasteiger partial charge in [-0.15, -0.1) is 10.2 Å². The van der Waals surface area contributed by atoms with Crippen LogP contribution in [0.4, 0.5) is 16.3 Å². The number of nitrogen functional groups attached to an aromatic ring is 1.